The summed E-state index contributed by atoms with van der Waals surface area (Å²) in [6, 6.07) is 6.47. The molecule has 5 nitrogen and oxygen atoms in total. The molecule has 1 aromatic carbocycles. The molecule has 0 unspecified atom stereocenters. The van der Waals surface area contributed by atoms with Crippen molar-refractivity contribution in [1.29, 1.82) is 0 Å². The molecule has 2 aromatic rings. The van der Waals surface area contributed by atoms with E-state index in [1.54, 1.807) is 18.3 Å². The Morgan fingerprint density at radius 1 is 1.12 bits per heavy atom. The largest absolute Gasteiger partial charge is 0.368 e. The topological polar surface area (TPSA) is 49.3 Å². The third-order valence-electron chi connectivity index (χ3n) is 4.28. The molecule has 1 fully saturated rings. The number of amides is 1. The Labute approximate surface area is 141 Å². The lowest BCUT2D eigenvalue weighted by Gasteiger charge is -2.36. The minimum absolute atomic E-state index is 0.0157. The van der Waals surface area contributed by atoms with Crippen LogP contribution in [0.5, 0.6) is 0 Å². The van der Waals surface area contributed by atoms with E-state index in [2.05, 4.69) is 14.9 Å². The predicted molar refractivity (Wildman–Crippen MR) is 90.6 cm³/mol. The first kappa shape index (κ1) is 16.4. The maximum Gasteiger partial charge on any atom is 0.257 e. The highest BCUT2D eigenvalue weighted by Gasteiger charge is 2.25. The molecule has 1 aliphatic heterocycles. The molecule has 6 heteroatoms. The summed E-state index contributed by atoms with van der Waals surface area (Å²) in [5, 5.41) is 0. The second-order valence-corrected chi connectivity index (χ2v) is 6.23. The molecule has 2 heterocycles. The smallest absolute Gasteiger partial charge is 0.257 e. The Morgan fingerprint density at radius 2 is 1.79 bits per heavy atom. The summed E-state index contributed by atoms with van der Waals surface area (Å²) >= 11 is 0. The third kappa shape index (κ3) is 3.37. The Hall–Kier alpha value is -2.50. The molecule has 126 valence electrons. The van der Waals surface area contributed by atoms with Crippen molar-refractivity contribution in [2.24, 2.45) is 0 Å². The lowest BCUT2D eigenvalue weighted by molar-refractivity contribution is 0.0744. The van der Waals surface area contributed by atoms with E-state index in [0.29, 0.717) is 18.7 Å². The molecule has 0 spiro atoms. The van der Waals surface area contributed by atoms with Crippen LogP contribution in [0.4, 0.5) is 10.1 Å². The zero-order valence-electron chi connectivity index (χ0n) is 13.9. The summed E-state index contributed by atoms with van der Waals surface area (Å²) in [5.74, 6) is -0.0802. The van der Waals surface area contributed by atoms with E-state index < -0.39 is 0 Å². The van der Waals surface area contributed by atoms with Gasteiger partial charge in [-0.3, -0.25) is 4.79 Å². The van der Waals surface area contributed by atoms with E-state index in [4.69, 9.17) is 0 Å². The average molecular weight is 328 g/mol. The minimum Gasteiger partial charge on any atom is -0.368 e. The average Bonchev–Trinajstić information content (AvgIpc) is 2.62. The first-order chi connectivity index (χ1) is 11.6. The fraction of sp³-hybridized carbons (Fsp3) is 0.389. The zero-order valence-corrected chi connectivity index (χ0v) is 13.9. The molecule has 1 saturated heterocycles. The normalized spacial score (nSPS) is 15.0. The van der Waals surface area contributed by atoms with Gasteiger partial charge in [0.25, 0.3) is 5.91 Å². The van der Waals surface area contributed by atoms with Crippen LogP contribution in [0.15, 0.2) is 36.8 Å². The summed E-state index contributed by atoms with van der Waals surface area (Å²) in [7, 11) is 0. The van der Waals surface area contributed by atoms with Gasteiger partial charge in [0.05, 0.1) is 11.3 Å². The molecule has 0 saturated carbocycles. The Morgan fingerprint density at radius 3 is 2.42 bits per heavy atom. The van der Waals surface area contributed by atoms with Crippen molar-refractivity contribution in [2.45, 2.75) is 19.8 Å². The van der Waals surface area contributed by atoms with Gasteiger partial charge in [0.1, 0.15) is 12.1 Å². The van der Waals surface area contributed by atoms with Crippen LogP contribution in [0.3, 0.4) is 0 Å². The molecule has 0 aliphatic carbocycles. The van der Waals surface area contributed by atoms with Gasteiger partial charge in [-0.1, -0.05) is 13.8 Å². The molecular weight excluding hydrogens is 307 g/mol. The highest BCUT2D eigenvalue weighted by molar-refractivity contribution is 5.95. The molecule has 0 radical (unpaired) electrons. The van der Waals surface area contributed by atoms with E-state index in [-0.39, 0.29) is 17.6 Å². The van der Waals surface area contributed by atoms with Gasteiger partial charge in [-0.15, -0.1) is 0 Å². The molecule has 24 heavy (non-hydrogen) atoms. The van der Waals surface area contributed by atoms with Crippen LogP contribution in [0.1, 0.15) is 35.8 Å². The lowest BCUT2D eigenvalue weighted by Crippen LogP contribution is -2.49. The quantitative estimate of drug-likeness (QED) is 0.869. The van der Waals surface area contributed by atoms with Gasteiger partial charge in [0.2, 0.25) is 0 Å². The van der Waals surface area contributed by atoms with Gasteiger partial charge in [-0.2, -0.15) is 0 Å². The number of halogens is 1. The van der Waals surface area contributed by atoms with Crippen LogP contribution in [-0.4, -0.2) is 47.0 Å². The molecule has 3 rings (SSSR count). The number of hydrogen-bond donors (Lipinski definition) is 0. The van der Waals surface area contributed by atoms with Crippen LogP contribution < -0.4 is 4.90 Å². The standard InChI is InChI=1S/C18H21FN4O/c1-13(2)17-16(11-20-12-21-17)18(24)23-9-7-22(8-10-23)15-5-3-14(19)4-6-15/h3-6,11-13H,7-10H2,1-2H3. The van der Waals surface area contributed by atoms with Crippen molar-refractivity contribution in [3.8, 4) is 0 Å². The lowest BCUT2D eigenvalue weighted by atomic mass is 10.0. The number of piperazine rings is 1. The van der Waals surface area contributed by atoms with E-state index in [0.717, 1.165) is 24.5 Å². The minimum atomic E-state index is -0.238. The van der Waals surface area contributed by atoms with Gasteiger partial charge < -0.3 is 9.80 Å². The number of benzene rings is 1. The first-order valence-electron chi connectivity index (χ1n) is 8.16. The molecule has 0 atom stereocenters. The van der Waals surface area contributed by atoms with Gasteiger partial charge in [-0.25, -0.2) is 14.4 Å². The second kappa shape index (κ2) is 6.95. The molecule has 0 N–H and O–H groups in total. The molecule has 0 bridgehead atoms. The van der Waals surface area contributed by atoms with Crippen molar-refractivity contribution >= 4 is 11.6 Å². The van der Waals surface area contributed by atoms with E-state index in [9.17, 15) is 9.18 Å². The molecule has 1 amide bonds. The number of carbonyl (C=O) groups excluding carboxylic acids is 1. The van der Waals surface area contributed by atoms with Crippen molar-refractivity contribution in [3.05, 3.63) is 53.9 Å². The number of aromatic nitrogens is 2. The monoisotopic (exact) mass is 328 g/mol. The van der Waals surface area contributed by atoms with Gasteiger partial charge in [-0.05, 0) is 30.2 Å². The van der Waals surface area contributed by atoms with E-state index >= 15 is 0 Å². The first-order valence-corrected chi connectivity index (χ1v) is 8.16. The van der Waals surface area contributed by atoms with Crippen LogP contribution >= 0.6 is 0 Å². The summed E-state index contributed by atoms with van der Waals surface area (Å²) in [5.41, 5.74) is 2.35. The summed E-state index contributed by atoms with van der Waals surface area (Å²) < 4.78 is 13.0. The van der Waals surface area contributed by atoms with E-state index in [1.165, 1.54) is 18.5 Å². The highest BCUT2D eigenvalue weighted by atomic mass is 19.1. The molecule has 1 aliphatic rings. The Bertz CT molecular complexity index is 709. The van der Waals surface area contributed by atoms with Crippen molar-refractivity contribution < 1.29 is 9.18 Å². The number of nitrogens with zero attached hydrogens (tertiary/aromatic N) is 4. The fourth-order valence-electron chi connectivity index (χ4n) is 2.95. The number of rotatable bonds is 3. The Balaban J connectivity index is 1.68. The van der Waals surface area contributed by atoms with Crippen molar-refractivity contribution in [2.75, 3.05) is 31.1 Å². The summed E-state index contributed by atoms with van der Waals surface area (Å²) in [6.07, 6.45) is 3.09. The zero-order chi connectivity index (χ0) is 17.1. The van der Waals surface area contributed by atoms with Crippen molar-refractivity contribution in [1.82, 2.24) is 14.9 Å². The third-order valence-corrected chi connectivity index (χ3v) is 4.28. The number of carbonyl (C=O) groups is 1. The number of hydrogen-bond acceptors (Lipinski definition) is 4. The summed E-state index contributed by atoms with van der Waals surface area (Å²) in [6.45, 7) is 6.74. The molecular formula is C18H21FN4O. The van der Waals surface area contributed by atoms with Crippen LogP contribution in [-0.2, 0) is 0 Å². The van der Waals surface area contributed by atoms with Gasteiger partial charge >= 0.3 is 0 Å². The van der Waals surface area contributed by atoms with Crippen LogP contribution in [0, 0.1) is 5.82 Å². The predicted octanol–water partition coefficient (Wildman–Crippen LogP) is 2.70. The van der Waals surface area contributed by atoms with Gasteiger partial charge in [0.15, 0.2) is 0 Å². The van der Waals surface area contributed by atoms with Crippen LogP contribution in [0.25, 0.3) is 0 Å². The second-order valence-electron chi connectivity index (χ2n) is 6.23. The van der Waals surface area contributed by atoms with Crippen LogP contribution in [0.2, 0.25) is 0 Å². The van der Waals surface area contributed by atoms with E-state index in [1.807, 2.05) is 18.7 Å². The van der Waals surface area contributed by atoms with Gasteiger partial charge in [0, 0.05) is 38.1 Å². The number of anilines is 1. The SMILES string of the molecule is CC(C)c1ncncc1C(=O)N1CCN(c2ccc(F)cc2)CC1. The fourth-order valence-corrected chi connectivity index (χ4v) is 2.95. The Kier molecular flexibility index (Phi) is 4.74. The highest BCUT2D eigenvalue weighted by Crippen LogP contribution is 2.20. The maximum absolute atomic E-state index is 13.0. The molecule has 1 aromatic heterocycles. The maximum atomic E-state index is 13.0. The van der Waals surface area contributed by atoms with Crippen molar-refractivity contribution in [3.63, 3.8) is 0 Å². The summed E-state index contributed by atoms with van der Waals surface area (Å²) in [4.78, 5) is 25.1.